The van der Waals surface area contributed by atoms with Crippen molar-refractivity contribution in [2.24, 2.45) is 0 Å². The first-order valence-electron chi connectivity index (χ1n) is 9.32. The van der Waals surface area contributed by atoms with Crippen molar-refractivity contribution in [3.05, 3.63) is 35.4 Å². The highest BCUT2D eigenvalue weighted by molar-refractivity contribution is 5.67. The molecule has 24 heavy (non-hydrogen) atoms. The minimum Gasteiger partial charge on any atom is -0.443 e. The molecule has 1 aliphatic carbocycles. The number of amides is 1. The molecule has 1 saturated carbocycles. The van der Waals surface area contributed by atoms with E-state index in [-0.39, 0.29) is 6.04 Å². The number of nitrogens with one attached hydrogen (secondary N) is 1. The maximum absolute atomic E-state index is 12.3. The van der Waals surface area contributed by atoms with Crippen LogP contribution in [0.5, 0.6) is 0 Å². The van der Waals surface area contributed by atoms with Crippen molar-refractivity contribution in [3.63, 3.8) is 0 Å². The third-order valence-electron chi connectivity index (χ3n) is 4.89. The molecule has 4 heteroatoms. The molecular weight excluding hydrogens is 302 g/mol. The number of aliphatic hydroxyl groups is 1. The number of hydrogen-bond donors (Lipinski definition) is 2. The van der Waals surface area contributed by atoms with Gasteiger partial charge in [-0.2, -0.15) is 0 Å². The zero-order chi connectivity index (χ0) is 17.4. The van der Waals surface area contributed by atoms with Crippen LogP contribution in [0.3, 0.4) is 0 Å². The highest BCUT2D eigenvalue weighted by Crippen LogP contribution is 2.26. The smallest absolute Gasteiger partial charge is 0.407 e. The summed E-state index contributed by atoms with van der Waals surface area (Å²) in [4.78, 5) is 12.3. The van der Waals surface area contributed by atoms with Gasteiger partial charge < -0.3 is 15.2 Å². The second-order valence-corrected chi connectivity index (χ2v) is 6.87. The summed E-state index contributed by atoms with van der Waals surface area (Å²) in [5.41, 5.74) is 1.85. The molecule has 4 nitrogen and oxygen atoms in total. The molecule has 2 atom stereocenters. The van der Waals surface area contributed by atoms with Gasteiger partial charge in [0.05, 0.1) is 0 Å². The van der Waals surface area contributed by atoms with Gasteiger partial charge in [-0.25, -0.2) is 4.79 Å². The van der Waals surface area contributed by atoms with Crippen molar-refractivity contribution >= 4 is 6.09 Å². The molecule has 1 aromatic rings. The Morgan fingerprint density at radius 1 is 1.29 bits per heavy atom. The second-order valence-electron chi connectivity index (χ2n) is 6.87. The van der Waals surface area contributed by atoms with Crippen molar-refractivity contribution in [3.8, 4) is 0 Å². The fourth-order valence-electron chi connectivity index (χ4n) is 3.39. The summed E-state index contributed by atoms with van der Waals surface area (Å²) >= 11 is 0. The minimum absolute atomic E-state index is 0.216. The van der Waals surface area contributed by atoms with E-state index in [4.69, 9.17) is 4.74 Å². The van der Waals surface area contributed by atoms with E-state index in [1.165, 1.54) is 6.42 Å². The van der Waals surface area contributed by atoms with E-state index in [1.54, 1.807) is 0 Å². The Morgan fingerprint density at radius 3 is 2.67 bits per heavy atom. The van der Waals surface area contributed by atoms with Crippen LogP contribution in [-0.2, 0) is 4.74 Å². The fraction of sp³-hybridized carbons (Fsp3) is 0.650. The molecule has 1 aromatic carbocycles. The van der Waals surface area contributed by atoms with E-state index in [0.717, 1.165) is 49.7 Å². The van der Waals surface area contributed by atoms with Gasteiger partial charge in [0.15, 0.2) is 0 Å². The van der Waals surface area contributed by atoms with Crippen LogP contribution in [0.1, 0.15) is 75.5 Å². The highest BCUT2D eigenvalue weighted by atomic mass is 16.6. The van der Waals surface area contributed by atoms with E-state index < -0.39 is 18.3 Å². The first kappa shape index (κ1) is 18.8. The topological polar surface area (TPSA) is 58.6 Å². The average molecular weight is 333 g/mol. The van der Waals surface area contributed by atoms with Crippen LogP contribution < -0.4 is 5.32 Å². The van der Waals surface area contributed by atoms with Gasteiger partial charge in [0.25, 0.3) is 0 Å². The predicted molar refractivity (Wildman–Crippen MR) is 95.9 cm³/mol. The monoisotopic (exact) mass is 333 g/mol. The molecule has 1 amide bonds. The standard InChI is InChI=1S/C20H31NO3/c1-3-4-14-18(19(22)17-13-9-8-10-15(17)2)24-20(23)21-16-11-6-5-7-12-16/h8-10,13,16,18-19,22H,3-7,11-12,14H2,1-2H3,(H,21,23). The fourth-order valence-corrected chi connectivity index (χ4v) is 3.39. The lowest BCUT2D eigenvalue weighted by molar-refractivity contribution is -0.00560. The normalized spacial score (nSPS) is 18.0. The predicted octanol–water partition coefficient (Wildman–Crippen LogP) is 4.65. The number of alkyl carbamates (subject to hydrolysis) is 1. The second kappa shape index (κ2) is 9.67. The Balaban J connectivity index is 1.98. The van der Waals surface area contributed by atoms with Gasteiger partial charge >= 0.3 is 6.09 Å². The van der Waals surface area contributed by atoms with Crippen LogP contribution in [0, 0.1) is 6.92 Å². The molecule has 0 saturated heterocycles. The Morgan fingerprint density at radius 2 is 2.00 bits per heavy atom. The van der Waals surface area contributed by atoms with Crippen LogP contribution in [0.4, 0.5) is 4.79 Å². The van der Waals surface area contributed by atoms with Crippen LogP contribution in [-0.4, -0.2) is 23.3 Å². The van der Waals surface area contributed by atoms with Gasteiger partial charge in [0.2, 0.25) is 0 Å². The number of ether oxygens (including phenoxy) is 1. The number of unbranched alkanes of at least 4 members (excludes halogenated alkanes) is 1. The Labute approximate surface area is 145 Å². The van der Waals surface area contributed by atoms with Crippen LogP contribution in [0.25, 0.3) is 0 Å². The number of rotatable bonds is 7. The Kier molecular flexibility index (Phi) is 7.57. The van der Waals surface area contributed by atoms with Crippen molar-refractivity contribution < 1.29 is 14.6 Å². The molecule has 0 spiro atoms. The van der Waals surface area contributed by atoms with Crippen LogP contribution >= 0.6 is 0 Å². The largest absolute Gasteiger partial charge is 0.443 e. The Bertz CT molecular complexity index is 511. The average Bonchev–Trinajstić information content (AvgIpc) is 2.59. The molecule has 0 radical (unpaired) electrons. The molecule has 0 bridgehead atoms. The highest BCUT2D eigenvalue weighted by Gasteiger charge is 2.26. The number of carbonyl (C=O) groups is 1. The van der Waals surface area contributed by atoms with Crippen molar-refractivity contribution in [1.29, 1.82) is 0 Å². The number of benzene rings is 1. The van der Waals surface area contributed by atoms with Gasteiger partial charge in [-0.15, -0.1) is 0 Å². The lowest BCUT2D eigenvalue weighted by Gasteiger charge is -2.27. The summed E-state index contributed by atoms with van der Waals surface area (Å²) in [6.07, 6.45) is 6.54. The van der Waals surface area contributed by atoms with E-state index in [9.17, 15) is 9.90 Å². The van der Waals surface area contributed by atoms with Gasteiger partial charge in [-0.3, -0.25) is 0 Å². The first-order valence-corrected chi connectivity index (χ1v) is 9.32. The van der Waals surface area contributed by atoms with Gasteiger partial charge in [0, 0.05) is 6.04 Å². The van der Waals surface area contributed by atoms with E-state index >= 15 is 0 Å². The van der Waals surface area contributed by atoms with E-state index in [0.29, 0.717) is 6.42 Å². The van der Waals surface area contributed by atoms with E-state index in [2.05, 4.69) is 12.2 Å². The number of carbonyl (C=O) groups excluding carboxylic acids is 1. The third kappa shape index (κ3) is 5.52. The molecule has 2 N–H and O–H groups in total. The molecule has 0 aliphatic heterocycles. The lowest BCUT2D eigenvalue weighted by Crippen LogP contribution is -2.39. The summed E-state index contributed by atoms with van der Waals surface area (Å²) in [7, 11) is 0. The Hall–Kier alpha value is -1.55. The van der Waals surface area contributed by atoms with E-state index in [1.807, 2.05) is 31.2 Å². The van der Waals surface area contributed by atoms with Crippen molar-refractivity contribution in [1.82, 2.24) is 5.32 Å². The summed E-state index contributed by atoms with van der Waals surface area (Å²) in [6.45, 7) is 4.07. The quantitative estimate of drug-likeness (QED) is 0.764. The van der Waals surface area contributed by atoms with Crippen LogP contribution in [0.2, 0.25) is 0 Å². The molecule has 0 heterocycles. The zero-order valence-corrected chi connectivity index (χ0v) is 15.0. The summed E-state index contributed by atoms with van der Waals surface area (Å²) in [5.74, 6) is 0. The molecule has 0 aromatic heterocycles. The van der Waals surface area contributed by atoms with Crippen molar-refractivity contribution in [2.45, 2.75) is 83.5 Å². The minimum atomic E-state index is -0.783. The zero-order valence-electron chi connectivity index (χ0n) is 15.0. The molecule has 1 fully saturated rings. The molecule has 134 valence electrons. The SMILES string of the molecule is CCCCC(OC(=O)NC1CCCCC1)C(O)c1ccccc1C. The maximum Gasteiger partial charge on any atom is 0.407 e. The summed E-state index contributed by atoms with van der Waals surface area (Å²) in [6, 6.07) is 7.95. The van der Waals surface area contributed by atoms with Crippen molar-refractivity contribution in [2.75, 3.05) is 0 Å². The third-order valence-corrected chi connectivity index (χ3v) is 4.89. The molecular formula is C20H31NO3. The summed E-state index contributed by atoms with van der Waals surface area (Å²) in [5, 5.41) is 13.7. The maximum atomic E-state index is 12.3. The molecule has 1 aliphatic rings. The number of hydrogen-bond acceptors (Lipinski definition) is 3. The van der Waals surface area contributed by atoms with Gasteiger partial charge in [0.1, 0.15) is 12.2 Å². The van der Waals surface area contributed by atoms with Gasteiger partial charge in [-0.05, 0) is 43.7 Å². The lowest BCUT2D eigenvalue weighted by atomic mass is 9.95. The number of aryl methyl sites for hydroxylation is 1. The molecule has 2 rings (SSSR count). The first-order chi connectivity index (χ1) is 11.6. The molecule has 2 unspecified atom stereocenters. The summed E-state index contributed by atoms with van der Waals surface area (Å²) < 4.78 is 5.63. The van der Waals surface area contributed by atoms with Gasteiger partial charge in [-0.1, -0.05) is 56.9 Å². The number of aliphatic hydroxyl groups excluding tert-OH is 1. The van der Waals surface area contributed by atoms with Crippen LogP contribution in [0.15, 0.2) is 24.3 Å².